The Morgan fingerprint density at radius 2 is 1.78 bits per heavy atom. The van der Waals surface area contributed by atoms with Crippen LogP contribution in [0.1, 0.15) is 50.8 Å². The van der Waals surface area contributed by atoms with E-state index < -0.39 is 23.4 Å². The Morgan fingerprint density at radius 1 is 1.17 bits per heavy atom. The van der Waals surface area contributed by atoms with Crippen molar-refractivity contribution < 1.29 is 22.7 Å². The van der Waals surface area contributed by atoms with Gasteiger partial charge in [0.1, 0.15) is 5.60 Å². The fourth-order valence-corrected chi connectivity index (χ4v) is 2.41. The first kappa shape index (κ1) is 17.4. The maximum atomic E-state index is 12.7. The van der Waals surface area contributed by atoms with E-state index in [2.05, 4.69) is 0 Å². The number of amides is 1. The summed E-state index contributed by atoms with van der Waals surface area (Å²) in [6.45, 7) is 5.31. The molecule has 0 saturated heterocycles. The van der Waals surface area contributed by atoms with E-state index in [1.807, 2.05) is 6.08 Å². The highest BCUT2D eigenvalue weighted by Gasteiger charge is 2.32. The minimum atomic E-state index is -4.37. The predicted molar refractivity (Wildman–Crippen MR) is 80.6 cm³/mol. The second kappa shape index (κ2) is 6.26. The molecule has 0 spiro atoms. The number of halogens is 3. The van der Waals surface area contributed by atoms with Crippen molar-refractivity contribution in [3.63, 3.8) is 0 Å². The van der Waals surface area contributed by atoms with Crippen LogP contribution in [-0.2, 0) is 10.9 Å². The topological polar surface area (TPSA) is 29.5 Å². The number of benzene rings is 1. The summed E-state index contributed by atoms with van der Waals surface area (Å²) in [4.78, 5) is 13.7. The molecule has 1 heterocycles. The molecule has 0 bridgehead atoms. The maximum absolute atomic E-state index is 12.7. The summed E-state index contributed by atoms with van der Waals surface area (Å²) in [5, 5.41) is 0. The van der Waals surface area contributed by atoms with Gasteiger partial charge in [-0.05, 0) is 51.3 Å². The van der Waals surface area contributed by atoms with E-state index in [1.54, 1.807) is 27.0 Å². The van der Waals surface area contributed by atoms with Crippen LogP contribution in [0.25, 0.3) is 0 Å². The summed E-state index contributed by atoms with van der Waals surface area (Å²) in [5.74, 6) is 0. The third-order valence-corrected chi connectivity index (χ3v) is 3.44. The van der Waals surface area contributed by atoms with Crippen molar-refractivity contribution >= 4 is 6.09 Å². The molecule has 3 nitrogen and oxygen atoms in total. The van der Waals surface area contributed by atoms with E-state index in [1.165, 1.54) is 17.0 Å². The number of carbonyl (C=O) groups excluding carboxylic acids is 1. The van der Waals surface area contributed by atoms with Crippen molar-refractivity contribution in [2.45, 2.75) is 51.4 Å². The first-order valence-electron chi connectivity index (χ1n) is 7.43. The third-order valence-electron chi connectivity index (χ3n) is 3.44. The summed E-state index contributed by atoms with van der Waals surface area (Å²) >= 11 is 0. The van der Waals surface area contributed by atoms with Crippen LogP contribution in [0.2, 0.25) is 0 Å². The highest BCUT2D eigenvalue weighted by Crippen LogP contribution is 2.34. The lowest BCUT2D eigenvalue weighted by atomic mass is 9.97. The van der Waals surface area contributed by atoms with Gasteiger partial charge in [-0.3, -0.25) is 4.90 Å². The van der Waals surface area contributed by atoms with Gasteiger partial charge in [-0.15, -0.1) is 0 Å². The van der Waals surface area contributed by atoms with Gasteiger partial charge in [0.15, 0.2) is 0 Å². The van der Waals surface area contributed by atoms with Crippen LogP contribution in [0, 0.1) is 0 Å². The largest absolute Gasteiger partial charge is 0.443 e. The molecule has 1 amide bonds. The van der Waals surface area contributed by atoms with Crippen molar-refractivity contribution in [1.82, 2.24) is 4.90 Å². The van der Waals surface area contributed by atoms with Crippen LogP contribution >= 0.6 is 0 Å². The summed E-state index contributed by atoms with van der Waals surface area (Å²) < 4.78 is 43.3. The van der Waals surface area contributed by atoms with Crippen LogP contribution in [0.4, 0.5) is 18.0 Å². The Kier molecular flexibility index (Phi) is 4.73. The van der Waals surface area contributed by atoms with Gasteiger partial charge in [0.2, 0.25) is 0 Å². The number of hydrogen-bond acceptors (Lipinski definition) is 2. The van der Waals surface area contributed by atoms with E-state index in [-0.39, 0.29) is 6.04 Å². The van der Waals surface area contributed by atoms with E-state index in [9.17, 15) is 18.0 Å². The summed E-state index contributed by atoms with van der Waals surface area (Å²) in [5.41, 5.74) is -0.669. The second-order valence-electron chi connectivity index (χ2n) is 6.49. The van der Waals surface area contributed by atoms with Crippen molar-refractivity contribution in [2.24, 2.45) is 0 Å². The fraction of sp³-hybridized carbons (Fsp3) is 0.471. The van der Waals surface area contributed by atoms with Crippen molar-refractivity contribution in [2.75, 3.05) is 0 Å². The van der Waals surface area contributed by atoms with E-state index in [0.29, 0.717) is 12.0 Å². The van der Waals surface area contributed by atoms with Gasteiger partial charge >= 0.3 is 12.3 Å². The lowest BCUT2D eigenvalue weighted by molar-refractivity contribution is -0.137. The molecule has 0 fully saturated rings. The molecule has 0 N–H and O–H groups in total. The molecular weight excluding hydrogens is 307 g/mol. The molecule has 1 aromatic rings. The number of ether oxygens (including phenoxy) is 1. The SMILES string of the molecule is CC(C)(C)OC(=O)N1C=CCCC1c1ccc(C(F)(F)F)cc1. The van der Waals surface area contributed by atoms with E-state index in [0.717, 1.165) is 18.6 Å². The minimum absolute atomic E-state index is 0.322. The van der Waals surface area contributed by atoms with E-state index in [4.69, 9.17) is 4.74 Å². The van der Waals surface area contributed by atoms with Gasteiger partial charge in [0.25, 0.3) is 0 Å². The molecule has 6 heteroatoms. The Morgan fingerprint density at radius 3 is 2.30 bits per heavy atom. The van der Waals surface area contributed by atoms with Crippen molar-refractivity contribution in [3.8, 4) is 0 Å². The highest BCUT2D eigenvalue weighted by molar-refractivity contribution is 5.70. The van der Waals surface area contributed by atoms with Gasteiger partial charge in [-0.2, -0.15) is 13.2 Å². The standard InChI is InChI=1S/C17H20F3NO2/c1-16(2,3)23-15(22)21-11-5-4-6-14(21)12-7-9-13(10-8-12)17(18,19)20/h5,7-11,14H,4,6H2,1-3H3. The Hall–Kier alpha value is -1.98. The van der Waals surface area contributed by atoms with Crippen LogP contribution in [0.5, 0.6) is 0 Å². The summed E-state index contributed by atoms with van der Waals surface area (Å²) in [6.07, 6.45) is 0.0187. The first-order chi connectivity index (χ1) is 10.6. The molecule has 1 unspecified atom stereocenters. The number of carbonyl (C=O) groups is 1. The molecule has 1 aromatic carbocycles. The third kappa shape index (κ3) is 4.50. The number of hydrogen-bond donors (Lipinski definition) is 0. The average molecular weight is 327 g/mol. The van der Waals surface area contributed by atoms with Gasteiger partial charge in [0, 0.05) is 6.20 Å². The van der Waals surface area contributed by atoms with Crippen LogP contribution in [-0.4, -0.2) is 16.6 Å². The summed E-state index contributed by atoms with van der Waals surface area (Å²) in [6, 6.07) is 4.60. The zero-order valence-electron chi connectivity index (χ0n) is 13.4. The van der Waals surface area contributed by atoms with Crippen LogP contribution < -0.4 is 0 Å². The minimum Gasteiger partial charge on any atom is -0.443 e. The lowest BCUT2D eigenvalue weighted by Crippen LogP contribution is -2.37. The fourth-order valence-electron chi connectivity index (χ4n) is 2.41. The highest BCUT2D eigenvalue weighted by atomic mass is 19.4. The molecule has 0 aromatic heterocycles. The Labute approximate surface area is 133 Å². The van der Waals surface area contributed by atoms with Gasteiger partial charge in [-0.25, -0.2) is 4.79 Å². The second-order valence-corrected chi connectivity index (χ2v) is 6.49. The monoisotopic (exact) mass is 327 g/mol. The molecule has 1 aliphatic rings. The molecular formula is C17H20F3NO2. The number of alkyl halides is 3. The molecule has 0 radical (unpaired) electrons. The number of nitrogens with zero attached hydrogens (tertiary/aromatic N) is 1. The molecule has 2 rings (SSSR count). The molecule has 1 atom stereocenters. The van der Waals surface area contributed by atoms with Gasteiger partial charge in [0.05, 0.1) is 11.6 Å². The van der Waals surface area contributed by atoms with Crippen molar-refractivity contribution in [3.05, 3.63) is 47.7 Å². The zero-order valence-corrected chi connectivity index (χ0v) is 13.4. The Balaban J connectivity index is 2.22. The molecule has 126 valence electrons. The lowest BCUT2D eigenvalue weighted by Gasteiger charge is -2.33. The number of allylic oxidation sites excluding steroid dienone is 1. The first-order valence-corrected chi connectivity index (χ1v) is 7.43. The van der Waals surface area contributed by atoms with E-state index >= 15 is 0 Å². The van der Waals surface area contributed by atoms with Crippen LogP contribution in [0.15, 0.2) is 36.5 Å². The maximum Gasteiger partial charge on any atom is 0.416 e. The molecule has 0 saturated carbocycles. The molecule has 1 aliphatic heterocycles. The van der Waals surface area contributed by atoms with Gasteiger partial charge in [-0.1, -0.05) is 18.2 Å². The quantitative estimate of drug-likeness (QED) is 0.701. The molecule has 23 heavy (non-hydrogen) atoms. The number of rotatable bonds is 1. The molecule has 0 aliphatic carbocycles. The van der Waals surface area contributed by atoms with Crippen LogP contribution in [0.3, 0.4) is 0 Å². The van der Waals surface area contributed by atoms with Crippen molar-refractivity contribution in [1.29, 1.82) is 0 Å². The normalized spacial score (nSPS) is 18.9. The average Bonchev–Trinajstić information content (AvgIpc) is 2.45. The Bertz CT molecular complexity index is 585. The summed E-state index contributed by atoms with van der Waals surface area (Å²) in [7, 11) is 0. The predicted octanol–water partition coefficient (Wildman–Crippen LogP) is 5.29. The van der Waals surface area contributed by atoms with Gasteiger partial charge < -0.3 is 4.74 Å². The zero-order chi connectivity index (χ0) is 17.3. The smallest absolute Gasteiger partial charge is 0.416 e.